The molecular weight excluding hydrogens is 430 g/mol. The number of ether oxygens (including phenoxy) is 2. The molecule has 0 spiro atoms. The predicted octanol–water partition coefficient (Wildman–Crippen LogP) is -0.484. The monoisotopic (exact) mass is 449 g/mol. The number of rotatable bonds is 2. The van der Waals surface area contributed by atoms with Gasteiger partial charge in [0.15, 0.2) is 11.5 Å². The van der Waals surface area contributed by atoms with E-state index in [0.717, 1.165) is 44.5 Å². The summed E-state index contributed by atoms with van der Waals surface area (Å²) in [6.07, 6.45) is 0. The zero-order chi connectivity index (χ0) is 23.1. The summed E-state index contributed by atoms with van der Waals surface area (Å²) in [6, 6.07) is 9.76. The zero-order valence-electron chi connectivity index (χ0n) is 17.5. The quantitative estimate of drug-likeness (QED) is 0.373. The fourth-order valence-electron chi connectivity index (χ4n) is 3.66. The molecule has 0 fully saturated rings. The summed E-state index contributed by atoms with van der Waals surface area (Å²) in [4.78, 5) is 12.5. The fraction of sp³-hybridized carbons (Fsp3) is 0.238. The minimum Gasteiger partial charge on any atom is -0.493 e. The number of furan rings is 1. The number of fused-ring (bicyclic) bond motifs is 5. The van der Waals surface area contributed by atoms with Crippen LogP contribution in [-0.4, -0.2) is 20.1 Å². The minimum absolute atomic E-state index is 0.0718. The van der Waals surface area contributed by atoms with Crippen molar-refractivity contribution < 1.29 is 52.1 Å². The molecule has 2 aromatic rings. The van der Waals surface area contributed by atoms with E-state index in [1.54, 1.807) is 25.7 Å². The molecule has 0 N–H and O–H groups in total. The Labute approximate surface area is 179 Å². The Morgan fingerprint density at radius 3 is 2.10 bits per heavy atom. The minimum atomic E-state index is -4.94. The van der Waals surface area contributed by atoms with Gasteiger partial charge >= 0.3 is 5.91 Å². The summed E-state index contributed by atoms with van der Waals surface area (Å²) in [5.41, 5.74) is 4.33. The molecule has 1 aromatic heterocycles. The van der Waals surface area contributed by atoms with Crippen molar-refractivity contribution in [3.05, 3.63) is 41.7 Å². The highest BCUT2D eigenvalue weighted by Crippen LogP contribution is 2.41. The highest BCUT2D eigenvalue weighted by atomic mass is 35.7. The van der Waals surface area contributed by atoms with Gasteiger partial charge in [0.25, 0.3) is 0 Å². The Kier molecular flexibility index (Phi) is 6.08. The van der Waals surface area contributed by atoms with Crippen LogP contribution in [0.15, 0.2) is 34.7 Å². The van der Waals surface area contributed by atoms with Gasteiger partial charge in [0, 0.05) is 11.5 Å². The van der Waals surface area contributed by atoms with Gasteiger partial charge in [-0.3, -0.25) is 0 Å². The van der Waals surface area contributed by atoms with Crippen molar-refractivity contribution >= 4 is 27.8 Å². The van der Waals surface area contributed by atoms with Crippen molar-refractivity contribution in [3.63, 3.8) is 0 Å². The molecule has 164 valence electrons. The molecule has 0 bridgehead atoms. The molecule has 0 saturated carbocycles. The lowest BCUT2D eigenvalue weighted by Gasteiger charge is -2.17. The Bertz CT molecular complexity index is 1250. The van der Waals surface area contributed by atoms with Crippen LogP contribution in [0.2, 0.25) is 0 Å². The Morgan fingerprint density at radius 2 is 1.55 bits per heavy atom. The smallest absolute Gasteiger partial charge is 0.390 e. The van der Waals surface area contributed by atoms with Gasteiger partial charge in [-0.25, -0.2) is 23.4 Å². The van der Waals surface area contributed by atoms with Gasteiger partial charge in [0.1, 0.15) is 16.9 Å². The van der Waals surface area contributed by atoms with E-state index in [-0.39, 0.29) is 5.91 Å². The number of methoxy groups -OCH3 is 2. The number of aryl methyl sites for hydroxylation is 2. The van der Waals surface area contributed by atoms with Crippen LogP contribution >= 0.6 is 0 Å². The van der Waals surface area contributed by atoms with E-state index in [4.69, 9.17) is 32.5 Å². The van der Waals surface area contributed by atoms with Crippen LogP contribution in [0.4, 0.5) is 0 Å². The number of hydrogen-bond donors (Lipinski definition) is 0. The first-order chi connectivity index (χ1) is 14.5. The van der Waals surface area contributed by atoms with Crippen molar-refractivity contribution in [3.8, 4) is 22.8 Å². The second-order valence-corrected chi connectivity index (χ2v) is 7.59. The van der Waals surface area contributed by atoms with E-state index < -0.39 is 10.2 Å². The molecule has 10 heteroatoms. The van der Waals surface area contributed by atoms with Crippen molar-refractivity contribution in [1.82, 2.24) is 0 Å². The SMILES string of the molecule is COc1cc2c3c4oc(C)cc4c(C)ccc-3[n+](C(C)=O)c2cc1OC.[O-][Cl+3]([O-])([O-])[O-]. The topological polar surface area (TPSA) is 145 Å². The maximum Gasteiger partial charge on any atom is 0.390 e. The number of carbonyl (C=O) groups excluding carboxylic acids is 1. The average molecular weight is 450 g/mol. The van der Waals surface area contributed by atoms with E-state index in [0.29, 0.717) is 11.5 Å². The number of aromatic nitrogens is 1. The van der Waals surface area contributed by atoms with Crippen LogP contribution in [0.25, 0.3) is 33.1 Å². The highest BCUT2D eigenvalue weighted by molar-refractivity contribution is 6.08. The van der Waals surface area contributed by atoms with Crippen LogP contribution in [0.5, 0.6) is 11.5 Å². The number of benzene rings is 1. The molecule has 1 aromatic carbocycles. The Morgan fingerprint density at radius 1 is 0.968 bits per heavy atom. The first-order valence-corrected chi connectivity index (χ1v) is 10.3. The van der Waals surface area contributed by atoms with E-state index >= 15 is 0 Å². The van der Waals surface area contributed by atoms with E-state index in [9.17, 15) is 4.79 Å². The van der Waals surface area contributed by atoms with E-state index in [1.165, 1.54) is 0 Å². The van der Waals surface area contributed by atoms with Gasteiger partial charge in [-0.2, -0.15) is 0 Å². The molecule has 4 rings (SSSR count). The van der Waals surface area contributed by atoms with Crippen molar-refractivity contribution in [2.75, 3.05) is 14.2 Å². The van der Waals surface area contributed by atoms with Crippen LogP contribution in [0.1, 0.15) is 23.0 Å². The fourth-order valence-corrected chi connectivity index (χ4v) is 3.66. The average Bonchev–Trinajstić information content (AvgIpc) is 3.16. The second kappa shape index (κ2) is 8.29. The number of nitrogens with zero attached hydrogens (tertiary/aromatic N) is 1. The van der Waals surface area contributed by atoms with Gasteiger partial charge in [0.2, 0.25) is 11.2 Å². The van der Waals surface area contributed by atoms with E-state index in [2.05, 4.69) is 0 Å². The van der Waals surface area contributed by atoms with Gasteiger partial charge in [-0.1, -0.05) is 6.07 Å². The number of carbonyl (C=O) groups is 1. The number of halogens is 1. The van der Waals surface area contributed by atoms with Crippen LogP contribution in [-0.2, 0) is 0 Å². The molecule has 0 unspecified atom stereocenters. The highest BCUT2D eigenvalue weighted by Gasteiger charge is 2.33. The van der Waals surface area contributed by atoms with Crippen molar-refractivity contribution in [2.24, 2.45) is 0 Å². The largest absolute Gasteiger partial charge is 0.493 e. The lowest BCUT2D eigenvalue weighted by Crippen LogP contribution is -2.68. The summed E-state index contributed by atoms with van der Waals surface area (Å²) >= 11 is 0. The Balaban J connectivity index is 0.000000491. The van der Waals surface area contributed by atoms with Crippen LogP contribution in [0, 0.1) is 24.1 Å². The first kappa shape index (κ1) is 22.7. The predicted molar refractivity (Wildman–Crippen MR) is 99.4 cm³/mol. The third-order valence-electron chi connectivity index (χ3n) is 4.82. The molecule has 9 nitrogen and oxygen atoms in total. The molecule has 31 heavy (non-hydrogen) atoms. The summed E-state index contributed by atoms with van der Waals surface area (Å²) < 4.78 is 52.6. The van der Waals surface area contributed by atoms with Gasteiger partial charge in [0.05, 0.1) is 32.6 Å². The molecule has 1 aliphatic carbocycles. The van der Waals surface area contributed by atoms with E-state index in [1.807, 2.05) is 44.2 Å². The Hall–Kier alpha value is -2.95. The molecule has 2 aliphatic rings. The van der Waals surface area contributed by atoms with Gasteiger partial charge in [-0.15, -0.1) is 14.8 Å². The summed E-state index contributed by atoms with van der Waals surface area (Å²) in [7, 11) is -1.76. The molecule has 2 heterocycles. The molecule has 1 aliphatic heterocycles. The van der Waals surface area contributed by atoms with Gasteiger partial charge < -0.3 is 13.9 Å². The van der Waals surface area contributed by atoms with Crippen LogP contribution in [0.3, 0.4) is 0 Å². The maximum absolute atomic E-state index is 12.5. The molecule has 0 atom stereocenters. The summed E-state index contributed by atoms with van der Waals surface area (Å²) in [5.74, 6) is 1.96. The maximum atomic E-state index is 12.5. The summed E-state index contributed by atoms with van der Waals surface area (Å²) in [5, 5.41) is 1.93. The molecular formula is C21H20ClNO8. The lowest BCUT2D eigenvalue weighted by molar-refractivity contribution is -2.00. The first-order valence-electron chi connectivity index (χ1n) is 9.02. The third-order valence-corrected chi connectivity index (χ3v) is 4.82. The third kappa shape index (κ3) is 4.41. The van der Waals surface area contributed by atoms with Gasteiger partial charge in [-0.05, 0) is 31.5 Å². The molecule has 0 radical (unpaired) electrons. The standard InChI is InChI=1S/C21H20NO4.ClHO4/c1-11-6-7-16-20(21-14(11)8-12(2)26-21)15-9-18(24-4)19(25-5)10-17(15)22(16)13(3)23;2-1(3,4)5/h6-10H,1-5H3;(H,2,3,4,5)/q+1;/p-1. The number of hydrogen-bond acceptors (Lipinski definition) is 8. The normalized spacial score (nSPS) is 11.5. The lowest BCUT2D eigenvalue weighted by atomic mass is 10.1. The van der Waals surface area contributed by atoms with Crippen LogP contribution < -0.4 is 32.7 Å². The van der Waals surface area contributed by atoms with Crippen molar-refractivity contribution in [2.45, 2.75) is 20.8 Å². The molecule has 0 saturated heterocycles. The zero-order valence-corrected chi connectivity index (χ0v) is 18.2. The van der Waals surface area contributed by atoms with Crippen molar-refractivity contribution in [1.29, 1.82) is 0 Å². The second-order valence-electron chi connectivity index (χ2n) is 6.83. The summed E-state index contributed by atoms with van der Waals surface area (Å²) in [6.45, 7) is 5.53. The molecule has 0 amide bonds.